The zero-order valence-electron chi connectivity index (χ0n) is 7.91. The van der Waals surface area contributed by atoms with Crippen LogP contribution in [-0.2, 0) is 0 Å². The number of rotatable bonds is 2. The second-order valence-corrected chi connectivity index (χ2v) is 4.83. The topological polar surface area (TPSA) is 37.3 Å². The lowest BCUT2D eigenvalue weighted by Crippen LogP contribution is -1.95. The van der Waals surface area contributed by atoms with Gasteiger partial charge in [-0.05, 0) is 23.6 Å². The summed E-state index contributed by atoms with van der Waals surface area (Å²) in [6.07, 6.45) is 0. The molecule has 0 spiro atoms. The molecule has 0 radical (unpaired) electrons. The van der Waals surface area contributed by atoms with Crippen LogP contribution in [0.4, 0.5) is 0 Å². The van der Waals surface area contributed by atoms with Crippen molar-refractivity contribution >= 4 is 40.5 Å². The molecular weight excluding hydrogens is 267 g/mol. The van der Waals surface area contributed by atoms with Crippen LogP contribution >= 0.6 is 34.5 Å². The third-order valence-electron chi connectivity index (χ3n) is 2.08. The molecule has 0 saturated heterocycles. The van der Waals surface area contributed by atoms with Gasteiger partial charge in [0.15, 0.2) is 0 Å². The Labute approximate surface area is 106 Å². The summed E-state index contributed by atoms with van der Waals surface area (Å²) in [6.45, 7) is 0. The van der Waals surface area contributed by atoms with Gasteiger partial charge in [-0.2, -0.15) is 0 Å². The Balaban J connectivity index is 2.52. The van der Waals surface area contributed by atoms with E-state index in [4.69, 9.17) is 28.3 Å². The van der Waals surface area contributed by atoms with E-state index in [-0.39, 0.29) is 5.56 Å². The Morgan fingerprint density at radius 2 is 1.94 bits per heavy atom. The summed E-state index contributed by atoms with van der Waals surface area (Å²) in [5, 5.41) is 11.7. The first-order valence-corrected chi connectivity index (χ1v) is 5.99. The summed E-state index contributed by atoms with van der Waals surface area (Å²) in [7, 11) is 0. The summed E-state index contributed by atoms with van der Waals surface area (Å²) in [4.78, 5) is 11.6. The minimum absolute atomic E-state index is 0.168. The molecule has 1 heterocycles. The maximum atomic E-state index is 10.7. The molecule has 0 bridgehead atoms. The van der Waals surface area contributed by atoms with Gasteiger partial charge in [-0.1, -0.05) is 29.3 Å². The molecule has 0 aliphatic rings. The number of thiophene rings is 1. The van der Waals surface area contributed by atoms with Crippen molar-refractivity contribution < 1.29 is 9.90 Å². The van der Waals surface area contributed by atoms with Crippen molar-refractivity contribution in [1.82, 2.24) is 0 Å². The molecule has 0 atom stereocenters. The van der Waals surface area contributed by atoms with E-state index in [1.807, 2.05) is 5.38 Å². The molecule has 2 aromatic rings. The molecule has 1 aromatic heterocycles. The third-order valence-corrected chi connectivity index (χ3v) is 3.77. The van der Waals surface area contributed by atoms with Gasteiger partial charge in [0, 0.05) is 5.56 Å². The Hall–Kier alpha value is -1.03. The van der Waals surface area contributed by atoms with E-state index in [9.17, 15) is 4.79 Å². The molecule has 82 valence electrons. The van der Waals surface area contributed by atoms with Crippen LogP contribution in [0.5, 0.6) is 0 Å². The lowest BCUT2D eigenvalue weighted by molar-refractivity contribution is 0.0697. The molecule has 0 fully saturated rings. The first-order chi connectivity index (χ1) is 7.59. The number of carboxylic acids is 1. The first kappa shape index (κ1) is 11.5. The van der Waals surface area contributed by atoms with Gasteiger partial charge in [-0.3, -0.25) is 0 Å². The van der Waals surface area contributed by atoms with E-state index in [0.717, 1.165) is 10.4 Å². The van der Waals surface area contributed by atoms with Crippen molar-refractivity contribution in [2.24, 2.45) is 0 Å². The standard InChI is InChI=1S/C11H6Cl2O2S/c12-8-3-4-16-10(8)7-2-1-6(11(14)15)5-9(7)13/h1-5H,(H,14,15). The van der Waals surface area contributed by atoms with Gasteiger partial charge in [0.05, 0.1) is 20.5 Å². The predicted molar refractivity (Wildman–Crippen MR) is 66.7 cm³/mol. The van der Waals surface area contributed by atoms with Gasteiger partial charge in [0.2, 0.25) is 0 Å². The fraction of sp³-hybridized carbons (Fsp3) is 0. The molecule has 1 N–H and O–H groups in total. The normalized spacial score (nSPS) is 10.4. The van der Waals surface area contributed by atoms with Crippen LogP contribution in [0.25, 0.3) is 10.4 Å². The largest absolute Gasteiger partial charge is 0.478 e. The van der Waals surface area contributed by atoms with E-state index in [1.54, 1.807) is 12.1 Å². The Kier molecular flexibility index (Phi) is 3.19. The molecule has 5 heteroatoms. The minimum atomic E-state index is -0.995. The quantitative estimate of drug-likeness (QED) is 0.879. The molecular formula is C11H6Cl2O2S. The minimum Gasteiger partial charge on any atom is -0.478 e. The molecule has 2 rings (SSSR count). The van der Waals surface area contributed by atoms with Crippen LogP contribution < -0.4 is 0 Å². The fourth-order valence-corrected chi connectivity index (χ4v) is 2.85. The van der Waals surface area contributed by atoms with E-state index in [2.05, 4.69) is 0 Å². The maximum Gasteiger partial charge on any atom is 0.335 e. The van der Waals surface area contributed by atoms with Crippen LogP contribution in [0, 0.1) is 0 Å². The summed E-state index contributed by atoms with van der Waals surface area (Å²) < 4.78 is 0. The number of benzene rings is 1. The monoisotopic (exact) mass is 272 g/mol. The van der Waals surface area contributed by atoms with Crippen LogP contribution in [0.2, 0.25) is 10.0 Å². The number of halogens is 2. The van der Waals surface area contributed by atoms with E-state index >= 15 is 0 Å². The molecule has 0 aliphatic heterocycles. The van der Waals surface area contributed by atoms with E-state index in [0.29, 0.717) is 10.0 Å². The highest BCUT2D eigenvalue weighted by atomic mass is 35.5. The van der Waals surface area contributed by atoms with Crippen molar-refractivity contribution in [3.05, 3.63) is 45.3 Å². The second kappa shape index (κ2) is 4.45. The van der Waals surface area contributed by atoms with Crippen molar-refractivity contribution in [3.8, 4) is 10.4 Å². The SMILES string of the molecule is O=C(O)c1ccc(-c2sccc2Cl)c(Cl)c1. The van der Waals surface area contributed by atoms with Gasteiger partial charge in [0.25, 0.3) is 0 Å². The maximum absolute atomic E-state index is 10.7. The molecule has 0 saturated carbocycles. The highest BCUT2D eigenvalue weighted by molar-refractivity contribution is 7.14. The zero-order chi connectivity index (χ0) is 11.7. The lowest BCUT2D eigenvalue weighted by atomic mass is 10.1. The average molecular weight is 273 g/mol. The van der Waals surface area contributed by atoms with Crippen LogP contribution in [0.15, 0.2) is 29.6 Å². The van der Waals surface area contributed by atoms with Crippen molar-refractivity contribution in [2.45, 2.75) is 0 Å². The molecule has 16 heavy (non-hydrogen) atoms. The summed E-state index contributed by atoms with van der Waals surface area (Å²) >= 11 is 13.5. The van der Waals surface area contributed by atoms with E-state index in [1.165, 1.54) is 23.5 Å². The molecule has 0 aliphatic carbocycles. The Morgan fingerprint density at radius 1 is 1.19 bits per heavy atom. The summed E-state index contributed by atoms with van der Waals surface area (Å²) in [5.74, 6) is -0.995. The average Bonchev–Trinajstić information content (AvgIpc) is 2.64. The predicted octanol–water partition coefficient (Wildman–Crippen LogP) is 4.42. The number of hydrogen-bond donors (Lipinski definition) is 1. The van der Waals surface area contributed by atoms with Crippen LogP contribution in [-0.4, -0.2) is 11.1 Å². The highest BCUT2D eigenvalue weighted by Crippen LogP contribution is 2.37. The lowest BCUT2D eigenvalue weighted by Gasteiger charge is -2.03. The van der Waals surface area contributed by atoms with Gasteiger partial charge in [-0.25, -0.2) is 4.79 Å². The first-order valence-electron chi connectivity index (χ1n) is 4.36. The zero-order valence-corrected chi connectivity index (χ0v) is 10.2. The van der Waals surface area contributed by atoms with Gasteiger partial charge in [0.1, 0.15) is 0 Å². The summed E-state index contributed by atoms with van der Waals surface area (Å²) in [6, 6.07) is 6.39. The highest BCUT2D eigenvalue weighted by Gasteiger charge is 2.11. The van der Waals surface area contributed by atoms with Crippen molar-refractivity contribution in [1.29, 1.82) is 0 Å². The van der Waals surface area contributed by atoms with Crippen LogP contribution in [0.3, 0.4) is 0 Å². The molecule has 0 unspecified atom stereocenters. The number of carboxylic acid groups (broad SMARTS) is 1. The Bertz CT molecular complexity index is 549. The smallest absolute Gasteiger partial charge is 0.335 e. The molecule has 2 nitrogen and oxygen atoms in total. The number of hydrogen-bond acceptors (Lipinski definition) is 2. The van der Waals surface area contributed by atoms with Crippen molar-refractivity contribution in [3.63, 3.8) is 0 Å². The van der Waals surface area contributed by atoms with Gasteiger partial charge in [-0.15, -0.1) is 11.3 Å². The molecule has 1 aromatic carbocycles. The summed E-state index contributed by atoms with van der Waals surface area (Å²) in [5.41, 5.74) is 0.924. The van der Waals surface area contributed by atoms with E-state index < -0.39 is 5.97 Å². The van der Waals surface area contributed by atoms with Gasteiger partial charge < -0.3 is 5.11 Å². The number of carbonyl (C=O) groups is 1. The third kappa shape index (κ3) is 2.07. The molecule has 0 amide bonds. The second-order valence-electron chi connectivity index (χ2n) is 3.10. The number of aromatic carboxylic acids is 1. The van der Waals surface area contributed by atoms with Crippen LogP contribution in [0.1, 0.15) is 10.4 Å². The Morgan fingerprint density at radius 3 is 2.44 bits per heavy atom. The van der Waals surface area contributed by atoms with Crippen molar-refractivity contribution in [2.75, 3.05) is 0 Å². The van der Waals surface area contributed by atoms with Gasteiger partial charge >= 0.3 is 5.97 Å². The fourth-order valence-electron chi connectivity index (χ4n) is 1.32.